The third kappa shape index (κ3) is 66.1. The molecule has 0 aliphatic heterocycles. The lowest BCUT2D eigenvalue weighted by atomic mass is 10.0. The summed E-state index contributed by atoms with van der Waals surface area (Å²) < 4.78 is 16.9. The molecule has 0 aliphatic rings. The third-order valence-electron chi connectivity index (χ3n) is 14.1. The molecule has 0 aromatic rings. The Labute approximate surface area is 506 Å². The number of rotatable bonds is 60. The second kappa shape index (κ2) is 68.8. The van der Waals surface area contributed by atoms with Crippen LogP contribution in [0.4, 0.5) is 0 Å². The quantitative estimate of drug-likeness (QED) is 0.0261. The Hall–Kier alpha value is -4.71. The van der Waals surface area contributed by atoms with Crippen molar-refractivity contribution in [2.24, 2.45) is 0 Å². The summed E-state index contributed by atoms with van der Waals surface area (Å²) in [5.41, 5.74) is 0. The van der Waals surface area contributed by atoms with Gasteiger partial charge in [-0.05, 0) is 141 Å². The highest BCUT2D eigenvalue weighted by atomic mass is 16.6. The van der Waals surface area contributed by atoms with Gasteiger partial charge in [0.25, 0.3) is 0 Å². The van der Waals surface area contributed by atoms with Gasteiger partial charge in [-0.3, -0.25) is 14.4 Å². The minimum absolute atomic E-state index is 0.100. The van der Waals surface area contributed by atoms with Crippen molar-refractivity contribution in [2.45, 2.75) is 303 Å². The van der Waals surface area contributed by atoms with Crippen LogP contribution in [0.5, 0.6) is 0 Å². The topological polar surface area (TPSA) is 78.9 Å². The number of allylic oxidation sites excluding steroid dienone is 24. The Balaban J connectivity index is 4.24. The second-order valence-corrected chi connectivity index (χ2v) is 22.0. The minimum atomic E-state index is -0.808. The number of carbonyl (C=O) groups excluding carboxylic acids is 3. The van der Waals surface area contributed by atoms with Crippen LogP contribution in [0.1, 0.15) is 297 Å². The molecule has 0 spiro atoms. The van der Waals surface area contributed by atoms with Gasteiger partial charge in [-0.25, -0.2) is 0 Å². The zero-order valence-electron chi connectivity index (χ0n) is 53.2. The van der Waals surface area contributed by atoms with Gasteiger partial charge in [0.2, 0.25) is 0 Å². The van der Waals surface area contributed by atoms with E-state index in [2.05, 4.69) is 167 Å². The molecule has 0 aliphatic carbocycles. The fraction of sp³-hybridized carbons (Fsp3) is 0.645. The van der Waals surface area contributed by atoms with Crippen molar-refractivity contribution in [1.82, 2.24) is 0 Å². The Morgan fingerprint density at radius 1 is 0.256 bits per heavy atom. The molecule has 0 saturated carbocycles. The Morgan fingerprint density at radius 2 is 0.476 bits per heavy atom. The Morgan fingerprint density at radius 3 is 0.780 bits per heavy atom. The first-order valence-corrected chi connectivity index (χ1v) is 33.8. The van der Waals surface area contributed by atoms with Gasteiger partial charge in [-0.1, -0.05) is 282 Å². The summed E-state index contributed by atoms with van der Waals surface area (Å²) in [5, 5.41) is 0. The summed E-state index contributed by atoms with van der Waals surface area (Å²) in [6.07, 6.45) is 98.7. The van der Waals surface area contributed by atoms with Crippen molar-refractivity contribution in [3.05, 3.63) is 146 Å². The monoisotopic (exact) mass is 1130 g/mol. The predicted octanol–water partition coefficient (Wildman–Crippen LogP) is 23.5. The smallest absolute Gasteiger partial charge is 0.306 e. The molecule has 464 valence electrons. The molecule has 0 aromatic heterocycles. The third-order valence-corrected chi connectivity index (χ3v) is 14.1. The highest BCUT2D eigenvalue weighted by molar-refractivity contribution is 5.71. The highest BCUT2D eigenvalue weighted by Crippen LogP contribution is 2.16. The van der Waals surface area contributed by atoms with Crippen LogP contribution in [0.25, 0.3) is 0 Å². The first kappa shape index (κ1) is 77.3. The maximum Gasteiger partial charge on any atom is 0.306 e. The predicted molar refractivity (Wildman–Crippen MR) is 357 cm³/mol. The molecular formula is C76H124O6. The van der Waals surface area contributed by atoms with E-state index < -0.39 is 6.10 Å². The minimum Gasteiger partial charge on any atom is -0.462 e. The average molecular weight is 1130 g/mol. The van der Waals surface area contributed by atoms with E-state index in [1.165, 1.54) is 116 Å². The summed E-state index contributed by atoms with van der Waals surface area (Å²) in [6.45, 7) is 6.37. The van der Waals surface area contributed by atoms with Crippen molar-refractivity contribution >= 4 is 17.9 Å². The van der Waals surface area contributed by atoms with E-state index in [1.807, 2.05) is 0 Å². The van der Waals surface area contributed by atoms with Crippen LogP contribution in [0, 0.1) is 0 Å². The van der Waals surface area contributed by atoms with Gasteiger partial charge in [-0.15, -0.1) is 0 Å². The van der Waals surface area contributed by atoms with Crippen molar-refractivity contribution in [3.63, 3.8) is 0 Å². The molecule has 0 bridgehead atoms. The lowest BCUT2D eigenvalue weighted by Crippen LogP contribution is -2.30. The molecule has 0 radical (unpaired) electrons. The zero-order valence-corrected chi connectivity index (χ0v) is 53.2. The van der Waals surface area contributed by atoms with E-state index >= 15 is 0 Å². The lowest BCUT2D eigenvalue weighted by molar-refractivity contribution is -0.167. The normalized spacial score (nSPS) is 13.1. The molecule has 6 nitrogen and oxygen atoms in total. The lowest BCUT2D eigenvalue weighted by Gasteiger charge is -2.18. The summed E-state index contributed by atoms with van der Waals surface area (Å²) in [7, 11) is 0. The Kier molecular flexibility index (Phi) is 64.8. The molecule has 1 unspecified atom stereocenters. The van der Waals surface area contributed by atoms with Gasteiger partial charge in [0.1, 0.15) is 13.2 Å². The number of esters is 3. The molecule has 0 aromatic carbocycles. The summed E-state index contributed by atoms with van der Waals surface area (Å²) >= 11 is 0. The van der Waals surface area contributed by atoms with Gasteiger partial charge in [-0.2, -0.15) is 0 Å². The average Bonchev–Trinajstić information content (AvgIpc) is 3.48. The molecule has 0 rings (SSSR count). The zero-order chi connectivity index (χ0) is 59.2. The molecular weight excluding hydrogens is 1010 g/mol. The fourth-order valence-corrected chi connectivity index (χ4v) is 9.06. The summed E-state index contributed by atoms with van der Waals surface area (Å²) in [4.78, 5) is 38.3. The standard InChI is InChI=1S/C76H124O6/c1-4-7-10-13-16-19-22-25-28-29-30-31-32-33-34-35-36-37-38-39-40-41-42-43-44-45-46-47-49-51-54-57-60-63-66-69-75(78)81-72-73(71-80-74(77)68-65-62-59-56-53-50-27-24-21-18-15-12-9-6-3)82-76(79)70-67-64-61-58-55-52-48-26-23-20-17-14-11-8-5-2/h7-8,10-11,16-17,19-20,24-28,30-31,33-34,36-37,39-40,48,55,58,73H,4-6,9,12-15,18,21-23,29,32,35,38,41-47,49-54,56-57,59-72H2,1-3H3/b10-7-,11-8-,19-16-,20-17-,27-24-,28-25-,31-30-,34-33-,37-36-,40-39-,48-26-,58-55-. The molecule has 0 amide bonds. The van der Waals surface area contributed by atoms with E-state index in [0.717, 1.165) is 135 Å². The molecule has 0 fully saturated rings. The number of unbranched alkanes of at least 4 members (excludes halogenated alkanes) is 25. The molecule has 0 N–H and O–H groups in total. The second-order valence-electron chi connectivity index (χ2n) is 22.0. The SMILES string of the molecule is CC/C=C\C/C=C\C/C=C\C/C=C\C/C=C\C/C=C\C/C=C\CCCCCCCCCCCCCCCC(=O)OCC(COC(=O)CCCCCCC/C=C\CCCCCCC)OC(=O)CCCC/C=C\C/C=C\C/C=C\C/C=C\CC. The van der Waals surface area contributed by atoms with Crippen LogP contribution in [-0.2, 0) is 28.6 Å². The van der Waals surface area contributed by atoms with E-state index in [0.29, 0.717) is 19.3 Å². The van der Waals surface area contributed by atoms with E-state index in [9.17, 15) is 14.4 Å². The van der Waals surface area contributed by atoms with E-state index in [4.69, 9.17) is 14.2 Å². The van der Waals surface area contributed by atoms with Crippen molar-refractivity contribution in [3.8, 4) is 0 Å². The molecule has 1 atom stereocenters. The van der Waals surface area contributed by atoms with Crippen molar-refractivity contribution in [1.29, 1.82) is 0 Å². The van der Waals surface area contributed by atoms with Gasteiger partial charge < -0.3 is 14.2 Å². The molecule has 82 heavy (non-hydrogen) atoms. The number of hydrogen-bond acceptors (Lipinski definition) is 6. The van der Waals surface area contributed by atoms with Crippen molar-refractivity contribution < 1.29 is 28.6 Å². The number of carbonyl (C=O) groups is 3. The van der Waals surface area contributed by atoms with Crippen molar-refractivity contribution in [2.75, 3.05) is 13.2 Å². The van der Waals surface area contributed by atoms with E-state index in [-0.39, 0.29) is 37.5 Å². The fourth-order valence-electron chi connectivity index (χ4n) is 9.06. The maximum atomic E-state index is 12.9. The Bertz CT molecular complexity index is 1780. The van der Waals surface area contributed by atoms with Gasteiger partial charge in [0.05, 0.1) is 0 Å². The first-order chi connectivity index (χ1) is 40.5. The van der Waals surface area contributed by atoms with Crippen LogP contribution < -0.4 is 0 Å². The summed E-state index contributed by atoms with van der Waals surface area (Å²) in [6, 6.07) is 0. The largest absolute Gasteiger partial charge is 0.462 e. The van der Waals surface area contributed by atoms with Gasteiger partial charge >= 0.3 is 17.9 Å². The van der Waals surface area contributed by atoms with Crippen LogP contribution in [-0.4, -0.2) is 37.2 Å². The number of hydrogen-bond donors (Lipinski definition) is 0. The molecule has 0 saturated heterocycles. The number of ether oxygens (including phenoxy) is 3. The summed E-state index contributed by atoms with van der Waals surface area (Å²) in [5.74, 6) is -0.949. The molecule has 6 heteroatoms. The van der Waals surface area contributed by atoms with Gasteiger partial charge in [0, 0.05) is 19.3 Å². The van der Waals surface area contributed by atoms with Crippen LogP contribution in [0.2, 0.25) is 0 Å². The molecule has 0 heterocycles. The van der Waals surface area contributed by atoms with Gasteiger partial charge in [0.15, 0.2) is 6.10 Å². The first-order valence-electron chi connectivity index (χ1n) is 33.8. The van der Waals surface area contributed by atoms with Crippen LogP contribution in [0.15, 0.2) is 146 Å². The highest BCUT2D eigenvalue weighted by Gasteiger charge is 2.19. The van der Waals surface area contributed by atoms with Crippen LogP contribution >= 0.6 is 0 Å². The maximum absolute atomic E-state index is 12.9. The van der Waals surface area contributed by atoms with Crippen LogP contribution in [0.3, 0.4) is 0 Å². The van der Waals surface area contributed by atoms with E-state index in [1.54, 1.807) is 0 Å².